The summed E-state index contributed by atoms with van der Waals surface area (Å²) >= 11 is 0. The van der Waals surface area contributed by atoms with Gasteiger partial charge in [-0.25, -0.2) is 4.79 Å². The molecule has 0 radical (unpaired) electrons. The molecular formula is C9H9NO4. The van der Waals surface area contributed by atoms with Gasteiger partial charge in [0.15, 0.2) is 0 Å². The smallest absolute Gasteiger partial charge is 0.352 e. The summed E-state index contributed by atoms with van der Waals surface area (Å²) < 4.78 is 4.75. The zero-order valence-electron chi connectivity index (χ0n) is 7.48. The predicted octanol–water partition coefficient (Wildman–Crippen LogP) is 0.841. The normalized spacial score (nSPS) is 11.1. The minimum Gasteiger partial charge on any atom is -0.477 e. The lowest BCUT2D eigenvalue weighted by Crippen LogP contribution is -2.24. The number of hydrogen-bond acceptors (Lipinski definition) is 3. The standard InChI is InChI=1S/C9H9NO4/c1-6(11)10-8(9(12)13)4-7-2-3-14-5-7/h2-5H,1H3,(H,10,11)(H,12,13)/b8-4-. The van der Waals surface area contributed by atoms with E-state index in [1.165, 1.54) is 25.5 Å². The molecule has 0 aliphatic carbocycles. The maximum Gasteiger partial charge on any atom is 0.352 e. The van der Waals surface area contributed by atoms with E-state index in [9.17, 15) is 9.59 Å². The largest absolute Gasteiger partial charge is 0.477 e. The molecule has 1 aromatic heterocycles. The summed E-state index contributed by atoms with van der Waals surface area (Å²) in [6, 6.07) is 1.59. The van der Waals surface area contributed by atoms with Gasteiger partial charge in [0, 0.05) is 12.5 Å². The Kier molecular flexibility index (Phi) is 3.06. The van der Waals surface area contributed by atoms with Crippen molar-refractivity contribution in [3.8, 4) is 0 Å². The topological polar surface area (TPSA) is 79.5 Å². The number of carbonyl (C=O) groups is 2. The first kappa shape index (κ1) is 10.0. The van der Waals surface area contributed by atoms with Crippen LogP contribution in [0.1, 0.15) is 12.5 Å². The summed E-state index contributed by atoms with van der Waals surface area (Å²) in [6.45, 7) is 1.24. The number of carboxylic acids is 1. The molecule has 0 saturated heterocycles. The Labute approximate surface area is 80.0 Å². The highest BCUT2D eigenvalue weighted by Gasteiger charge is 2.08. The van der Waals surface area contributed by atoms with Crippen molar-refractivity contribution in [1.29, 1.82) is 0 Å². The van der Waals surface area contributed by atoms with Crippen LogP contribution in [0.25, 0.3) is 6.08 Å². The van der Waals surface area contributed by atoms with Crippen molar-refractivity contribution in [2.45, 2.75) is 6.92 Å². The Balaban J connectivity index is 2.88. The first-order valence-corrected chi connectivity index (χ1v) is 3.84. The van der Waals surface area contributed by atoms with Crippen molar-refractivity contribution in [1.82, 2.24) is 5.32 Å². The van der Waals surface area contributed by atoms with Gasteiger partial charge >= 0.3 is 5.97 Å². The third-order valence-electron chi connectivity index (χ3n) is 1.40. The average molecular weight is 195 g/mol. The molecule has 5 nitrogen and oxygen atoms in total. The third-order valence-corrected chi connectivity index (χ3v) is 1.40. The van der Waals surface area contributed by atoms with Crippen molar-refractivity contribution < 1.29 is 19.1 Å². The van der Waals surface area contributed by atoms with E-state index >= 15 is 0 Å². The quantitative estimate of drug-likeness (QED) is 0.700. The molecule has 0 unspecified atom stereocenters. The molecule has 0 bridgehead atoms. The molecule has 74 valence electrons. The second kappa shape index (κ2) is 4.27. The Morgan fingerprint density at radius 3 is 2.71 bits per heavy atom. The number of amides is 1. The molecule has 1 amide bonds. The van der Waals surface area contributed by atoms with Crippen LogP contribution in [0.4, 0.5) is 0 Å². The highest BCUT2D eigenvalue weighted by molar-refractivity contribution is 5.96. The molecule has 0 aliphatic heterocycles. The number of carboxylic acid groups (broad SMARTS) is 1. The molecule has 0 atom stereocenters. The minimum absolute atomic E-state index is 0.182. The van der Waals surface area contributed by atoms with Gasteiger partial charge in [-0.05, 0) is 12.1 Å². The van der Waals surface area contributed by atoms with Gasteiger partial charge in [-0.15, -0.1) is 0 Å². The molecule has 0 saturated carbocycles. The summed E-state index contributed by atoms with van der Waals surface area (Å²) in [4.78, 5) is 21.3. The minimum atomic E-state index is -1.19. The van der Waals surface area contributed by atoms with Crippen LogP contribution in [0.15, 0.2) is 28.7 Å². The number of nitrogens with one attached hydrogen (secondary N) is 1. The SMILES string of the molecule is CC(=O)N/C(=C\c1ccoc1)C(=O)O. The van der Waals surface area contributed by atoms with E-state index in [4.69, 9.17) is 9.52 Å². The van der Waals surface area contributed by atoms with Gasteiger partial charge in [0.2, 0.25) is 5.91 Å². The van der Waals surface area contributed by atoms with Crippen LogP contribution in [-0.2, 0) is 9.59 Å². The van der Waals surface area contributed by atoms with E-state index < -0.39 is 11.9 Å². The highest BCUT2D eigenvalue weighted by Crippen LogP contribution is 2.05. The number of hydrogen-bond donors (Lipinski definition) is 2. The molecule has 1 rings (SSSR count). The summed E-state index contributed by atoms with van der Waals surface area (Å²) in [5, 5.41) is 10.9. The third kappa shape index (κ3) is 2.78. The van der Waals surface area contributed by atoms with Gasteiger partial charge in [-0.3, -0.25) is 4.79 Å². The molecule has 0 aromatic carbocycles. The van der Waals surface area contributed by atoms with Crippen molar-refractivity contribution in [3.63, 3.8) is 0 Å². The molecule has 1 aromatic rings. The fourth-order valence-electron chi connectivity index (χ4n) is 0.865. The van der Waals surface area contributed by atoms with Crippen molar-refractivity contribution >= 4 is 18.0 Å². The zero-order chi connectivity index (χ0) is 10.6. The lowest BCUT2D eigenvalue weighted by Gasteiger charge is -2.00. The van der Waals surface area contributed by atoms with Crippen LogP contribution in [0, 0.1) is 0 Å². The number of aliphatic carboxylic acids is 1. The summed E-state index contributed by atoms with van der Waals surface area (Å²) in [6.07, 6.45) is 4.11. The predicted molar refractivity (Wildman–Crippen MR) is 48.1 cm³/mol. The fraction of sp³-hybridized carbons (Fsp3) is 0.111. The second-order valence-electron chi connectivity index (χ2n) is 2.60. The monoisotopic (exact) mass is 195 g/mol. The van der Waals surface area contributed by atoms with E-state index in [1.807, 2.05) is 0 Å². The zero-order valence-corrected chi connectivity index (χ0v) is 7.48. The van der Waals surface area contributed by atoms with Gasteiger partial charge in [-0.2, -0.15) is 0 Å². The lowest BCUT2D eigenvalue weighted by molar-refractivity contribution is -0.134. The van der Waals surface area contributed by atoms with Gasteiger partial charge in [0.1, 0.15) is 5.70 Å². The molecule has 0 spiro atoms. The van der Waals surface area contributed by atoms with Gasteiger partial charge in [0.05, 0.1) is 12.5 Å². The van der Waals surface area contributed by atoms with Crippen LogP contribution in [-0.4, -0.2) is 17.0 Å². The van der Waals surface area contributed by atoms with E-state index in [0.29, 0.717) is 5.56 Å². The van der Waals surface area contributed by atoms with Crippen LogP contribution in [0.2, 0.25) is 0 Å². The average Bonchev–Trinajstić information content (AvgIpc) is 2.54. The first-order chi connectivity index (χ1) is 6.59. The summed E-state index contributed by atoms with van der Waals surface area (Å²) in [5.74, 6) is -1.62. The molecule has 0 fully saturated rings. The Morgan fingerprint density at radius 1 is 1.57 bits per heavy atom. The molecule has 5 heteroatoms. The van der Waals surface area contributed by atoms with Gasteiger partial charge in [0.25, 0.3) is 0 Å². The lowest BCUT2D eigenvalue weighted by atomic mass is 10.2. The van der Waals surface area contributed by atoms with E-state index in [1.54, 1.807) is 6.07 Å². The van der Waals surface area contributed by atoms with Gasteiger partial charge in [-0.1, -0.05) is 0 Å². The first-order valence-electron chi connectivity index (χ1n) is 3.84. The van der Waals surface area contributed by atoms with Crippen LogP contribution < -0.4 is 5.32 Å². The van der Waals surface area contributed by atoms with E-state index in [2.05, 4.69) is 5.32 Å². The Bertz CT molecular complexity index is 364. The Hall–Kier alpha value is -2.04. The Morgan fingerprint density at radius 2 is 2.29 bits per heavy atom. The molecule has 1 heterocycles. The molecule has 0 aliphatic rings. The number of furan rings is 1. The highest BCUT2D eigenvalue weighted by atomic mass is 16.4. The van der Waals surface area contributed by atoms with Crippen molar-refractivity contribution in [2.75, 3.05) is 0 Å². The van der Waals surface area contributed by atoms with E-state index in [0.717, 1.165) is 0 Å². The number of carbonyl (C=O) groups excluding carboxylic acids is 1. The van der Waals surface area contributed by atoms with Crippen LogP contribution in [0.3, 0.4) is 0 Å². The number of rotatable bonds is 3. The second-order valence-corrected chi connectivity index (χ2v) is 2.60. The summed E-state index contributed by atoms with van der Waals surface area (Å²) in [7, 11) is 0. The van der Waals surface area contributed by atoms with Gasteiger partial charge < -0.3 is 14.8 Å². The molecule has 14 heavy (non-hydrogen) atoms. The molecular weight excluding hydrogens is 186 g/mol. The van der Waals surface area contributed by atoms with Crippen LogP contribution >= 0.6 is 0 Å². The maximum atomic E-state index is 10.6. The molecule has 2 N–H and O–H groups in total. The van der Waals surface area contributed by atoms with Crippen molar-refractivity contribution in [3.05, 3.63) is 29.9 Å². The van der Waals surface area contributed by atoms with E-state index in [-0.39, 0.29) is 5.70 Å². The maximum absolute atomic E-state index is 10.6. The van der Waals surface area contributed by atoms with Crippen molar-refractivity contribution in [2.24, 2.45) is 0 Å². The fourth-order valence-corrected chi connectivity index (χ4v) is 0.865. The van der Waals surface area contributed by atoms with Crippen LogP contribution in [0.5, 0.6) is 0 Å². The summed E-state index contributed by atoms with van der Waals surface area (Å²) in [5.41, 5.74) is 0.398.